The zero-order valence-electron chi connectivity index (χ0n) is 9.88. The maximum Gasteiger partial charge on any atom is 0.310 e. The third kappa shape index (κ3) is 3.14. The Morgan fingerprint density at radius 1 is 1.29 bits per heavy atom. The highest BCUT2D eigenvalue weighted by atomic mass is 16.4. The highest BCUT2D eigenvalue weighted by Crippen LogP contribution is 2.30. The maximum absolute atomic E-state index is 11.6. The van der Waals surface area contributed by atoms with E-state index in [1.807, 2.05) is 6.07 Å². The van der Waals surface area contributed by atoms with E-state index in [-0.39, 0.29) is 0 Å². The molecule has 0 heterocycles. The van der Waals surface area contributed by atoms with Crippen LogP contribution in [-0.2, 0) is 15.2 Å². The molecule has 2 unspecified atom stereocenters. The molecule has 0 radical (unpaired) electrons. The number of ketones is 1. The van der Waals surface area contributed by atoms with Crippen LogP contribution in [0.4, 0.5) is 0 Å². The van der Waals surface area contributed by atoms with Gasteiger partial charge in [-0.25, -0.2) is 0 Å². The van der Waals surface area contributed by atoms with E-state index in [0.717, 1.165) is 0 Å². The molecule has 0 aliphatic rings. The smallest absolute Gasteiger partial charge is 0.310 e. The van der Waals surface area contributed by atoms with Crippen molar-refractivity contribution in [2.45, 2.75) is 25.9 Å². The fourth-order valence-electron chi connectivity index (χ4n) is 1.64. The number of Topliss-reactive ketones (excluding diaryl/α,β-unsaturated/α-hetero) is 1. The standard InChI is InChI=1S/C13H16O4/c1-9(11(14)8-12(15)16)13(2,17)10-6-4-3-5-7-10/h3-7,9,17H,8H2,1-2H3,(H,15,16). The molecule has 4 nitrogen and oxygen atoms in total. The van der Waals surface area contributed by atoms with Crippen molar-refractivity contribution in [1.82, 2.24) is 0 Å². The molecule has 2 N–H and O–H groups in total. The Bertz CT molecular complexity index is 409. The molecule has 0 spiro atoms. The van der Waals surface area contributed by atoms with Crippen molar-refractivity contribution in [3.8, 4) is 0 Å². The Morgan fingerprint density at radius 3 is 2.29 bits per heavy atom. The molecular weight excluding hydrogens is 220 g/mol. The topological polar surface area (TPSA) is 74.6 Å². The number of carboxylic acid groups (broad SMARTS) is 1. The molecule has 0 aromatic heterocycles. The molecule has 92 valence electrons. The van der Waals surface area contributed by atoms with Gasteiger partial charge in [-0.05, 0) is 12.5 Å². The molecule has 1 aromatic rings. The summed E-state index contributed by atoms with van der Waals surface area (Å²) in [6.45, 7) is 3.06. The lowest BCUT2D eigenvalue weighted by Crippen LogP contribution is -2.36. The molecule has 0 amide bonds. The van der Waals surface area contributed by atoms with E-state index in [0.29, 0.717) is 5.56 Å². The predicted octanol–water partition coefficient (Wildman–Crippen LogP) is 1.57. The second-order valence-electron chi connectivity index (χ2n) is 4.27. The molecular formula is C13H16O4. The molecule has 0 aliphatic carbocycles. The SMILES string of the molecule is CC(C(=O)CC(=O)O)C(C)(O)c1ccccc1. The zero-order valence-corrected chi connectivity index (χ0v) is 9.88. The van der Waals surface area contributed by atoms with Crippen molar-refractivity contribution >= 4 is 11.8 Å². The van der Waals surface area contributed by atoms with Crippen molar-refractivity contribution in [3.05, 3.63) is 35.9 Å². The lowest BCUT2D eigenvalue weighted by Gasteiger charge is -2.29. The first-order valence-corrected chi connectivity index (χ1v) is 5.38. The van der Waals surface area contributed by atoms with Crippen LogP contribution >= 0.6 is 0 Å². The molecule has 0 bridgehead atoms. The lowest BCUT2D eigenvalue weighted by molar-refractivity contribution is -0.143. The summed E-state index contributed by atoms with van der Waals surface area (Å²) in [4.78, 5) is 22.1. The predicted molar refractivity (Wildman–Crippen MR) is 62.4 cm³/mol. The highest BCUT2D eigenvalue weighted by molar-refractivity contribution is 5.96. The van der Waals surface area contributed by atoms with Crippen LogP contribution in [-0.4, -0.2) is 22.0 Å². The molecule has 0 aliphatic heterocycles. The monoisotopic (exact) mass is 236 g/mol. The Morgan fingerprint density at radius 2 is 1.82 bits per heavy atom. The van der Waals surface area contributed by atoms with Crippen LogP contribution < -0.4 is 0 Å². The second-order valence-corrected chi connectivity index (χ2v) is 4.27. The third-order valence-corrected chi connectivity index (χ3v) is 3.01. The maximum atomic E-state index is 11.6. The molecule has 0 fully saturated rings. The van der Waals surface area contributed by atoms with Crippen molar-refractivity contribution in [1.29, 1.82) is 0 Å². The normalized spacial score (nSPS) is 15.9. The summed E-state index contributed by atoms with van der Waals surface area (Å²) in [5.41, 5.74) is -0.750. The number of carboxylic acids is 1. The van der Waals surface area contributed by atoms with E-state index in [4.69, 9.17) is 5.11 Å². The van der Waals surface area contributed by atoms with Crippen LogP contribution in [0.1, 0.15) is 25.8 Å². The molecule has 2 atom stereocenters. The van der Waals surface area contributed by atoms with Gasteiger partial charge in [0.25, 0.3) is 0 Å². The van der Waals surface area contributed by atoms with E-state index >= 15 is 0 Å². The molecule has 0 saturated carbocycles. The van der Waals surface area contributed by atoms with Crippen LogP contribution in [0.3, 0.4) is 0 Å². The van der Waals surface area contributed by atoms with Crippen LogP contribution in [0.2, 0.25) is 0 Å². The Labute approximate surface area is 99.9 Å². The fraction of sp³-hybridized carbons (Fsp3) is 0.385. The van der Waals surface area contributed by atoms with Gasteiger partial charge in [0.2, 0.25) is 0 Å². The third-order valence-electron chi connectivity index (χ3n) is 3.01. The van der Waals surface area contributed by atoms with Gasteiger partial charge in [-0.2, -0.15) is 0 Å². The van der Waals surface area contributed by atoms with E-state index in [9.17, 15) is 14.7 Å². The largest absolute Gasteiger partial charge is 0.481 e. The number of rotatable bonds is 5. The number of carbonyl (C=O) groups is 2. The Hall–Kier alpha value is -1.68. The van der Waals surface area contributed by atoms with E-state index in [1.54, 1.807) is 24.3 Å². The average molecular weight is 236 g/mol. The fourth-order valence-corrected chi connectivity index (χ4v) is 1.64. The molecule has 1 aromatic carbocycles. The molecule has 1 rings (SSSR count). The van der Waals surface area contributed by atoms with Crippen LogP contribution in [0.5, 0.6) is 0 Å². The second kappa shape index (κ2) is 5.10. The molecule has 0 saturated heterocycles. The highest BCUT2D eigenvalue weighted by Gasteiger charge is 2.35. The number of benzene rings is 1. The summed E-state index contributed by atoms with van der Waals surface area (Å²) in [6, 6.07) is 8.76. The van der Waals surface area contributed by atoms with Crippen molar-refractivity contribution in [2.24, 2.45) is 5.92 Å². The van der Waals surface area contributed by atoms with Crippen molar-refractivity contribution in [3.63, 3.8) is 0 Å². The Balaban J connectivity index is 2.90. The van der Waals surface area contributed by atoms with Crippen molar-refractivity contribution in [2.75, 3.05) is 0 Å². The summed E-state index contributed by atoms with van der Waals surface area (Å²) in [5.74, 6) is -2.42. The minimum atomic E-state index is -1.35. The first-order chi connectivity index (χ1) is 7.85. The van der Waals surface area contributed by atoms with Gasteiger partial charge in [-0.3, -0.25) is 9.59 Å². The number of hydrogen-bond acceptors (Lipinski definition) is 3. The van der Waals surface area contributed by atoms with Gasteiger partial charge in [-0.1, -0.05) is 37.3 Å². The summed E-state index contributed by atoms with van der Waals surface area (Å²) in [7, 11) is 0. The minimum absolute atomic E-state index is 0.480. The molecule has 4 heteroatoms. The van der Waals surface area contributed by atoms with Gasteiger partial charge in [0.15, 0.2) is 0 Å². The van der Waals surface area contributed by atoms with Crippen molar-refractivity contribution < 1.29 is 19.8 Å². The van der Waals surface area contributed by atoms with E-state index in [2.05, 4.69) is 0 Å². The van der Waals surface area contributed by atoms with E-state index in [1.165, 1.54) is 13.8 Å². The van der Waals surface area contributed by atoms with Gasteiger partial charge < -0.3 is 10.2 Å². The van der Waals surface area contributed by atoms with Crippen LogP contribution in [0.15, 0.2) is 30.3 Å². The van der Waals surface area contributed by atoms with Gasteiger partial charge in [0, 0.05) is 5.92 Å². The quantitative estimate of drug-likeness (QED) is 0.761. The number of aliphatic carboxylic acids is 1. The average Bonchev–Trinajstić information content (AvgIpc) is 2.28. The molecule has 17 heavy (non-hydrogen) atoms. The Kier molecular flexibility index (Phi) is 4.02. The van der Waals surface area contributed by atoms with Crippen LogP contribution in [0, 0.1) is 5.92 Å². The summed E-state index contributed by atoms with van der Waals surface area (Å²) >= 11 is 0. The zero-order chi connectivity index (χ0) is 13.1. The summed E-state index contributed by atoms with van der Waals surface area (Å²) < 4.78 is 0. The number of aliphatic hydroxyl groups is 1. The summed E-state index contributed by atoms with van der Waals surface area (Å²) in [6.07, 6.45) is -0.565. The van der Waals surface area contributed by atoms with Gasteiger partial charge >= 0.3 is 5.97 Å². The summed E-state index contributed by atoms with van der Waals surface area (Å²) in [5, 5.41) is 18.9. The van der Waals surface area contributed by atoms with Gasteiger partial charge in [0.1, 0.15) is 12.2 Å². The number of hydrogen-bond donors (Lipinski definition) is 2. The van der Waals surface area contributed by atoms with E-state index < -0.39 is 29.7 Å². The first-order valence-electron chi connectivity index (χ1n) is 5.38. The lowest BCUT2D eigenvalue weighted by atomic mass is 9.81. The number of carbonyl (C=O) groups excluding carboxylic acids is 1. The van der Waals surface area contributed by atoms with Crippen LogP contribution in [0.25, 0.3) is 0 Å². The van der Waals surface area contributed by atoms with Gasteiger partial charge in [-0.15, -0.1) is 0 Å². The minimum Gasteiger partial charge on any atom is -0.481 e. The van der Waals surface area contributed by atoms with Gasteiger partial charge in [0.05, 0.1) is 5.60 Å². The first kappa shape index (κ1) is 13.4.